The zero-order valence-corrected chi connectivity index (χ0v) is 7.39. The van der Waals surface area contributed by atoms with Crippen molar-refractivity contribution < 1.29 is 9.59 Å². The molecule has 1 saturated carbocycles. The van der Waals surface area contributed by atoms with Crippen LogP contribution in [-0.2, 0) is 9.59 Å². The Morgan fingerprint density at radius 1 is 1.50 bits per heavy atom. The van der Waals surface area contributed by atoms with Gasteiger partial charge in [-0.3, -0.25) is 9.59 Å². The molecule has 2 aliphatic carbocycles. The molecule has 2 aliphatic rings. The van der Waals surface area contributed by atoms with Gasteiger partial charge in [0.15, 0.2) is 5.78 Å². The molecular weight excluding hydrogens is 152 g/mol. The van der Waals surface area contributed by atoms with Gasteiger partial charge < -0.3 is 0 Å². The van der Waals surface area contributed by atoms with Gasteiger partial charge in [0.1, 0.15) is 5.78 Å². The number of allylic oxidation sites excluding steroid dienone is 2. The third-order valence-electron chi connectivity index (χ3n) is 3.25. The predicted octanol–water partition coefficient (Wildman–Crippen LogP) is 1.50. The zero-order valence-electron chi connectivity index (χ0n) is 7.39. The Balaban J connectivity index is 2.51. The second kappa shape index (κ2) is 2.06. The lowest BCUT2D eigenvalue weighted by molar-refractivity contribution is -0.134. The molecular formula is C10H12O2. The fourth-order valence-corrected chi connectivity index (χ4v) is 2.11. The van der Waals surface area contributed by atoms with Crippen LogP contribution in [0.3, 0.4) is 0 Å². The van der Waals surface area contributed by atoms with Crippen molar-refractivity contribution in [2.24, 2.45) is 11.3 Å². The molecule has 0 heterocycles. The van der Waals surface area contributed by atoms with Crippen LogP contribution in [-0.4, -0.2) is 11.6 Å². The van der Waals surface area contributed by atoms with Gasteiger partial charge in [-0.25, -0.2) is 0 Å². The maximum Gasteiger partial charge on any atom is 0.153 e. The topological polar surface area (TPSA) is 34.1 Å². The summed E-state index contributed by atoms with van der Waals surface area (Å²) in [6.07, 6.45) is 3.10. The number of Topliss-reactive ketones (excluding diaryl/α,β-unsaturated/α-hetero) is 2. The minimum Gasteiger partial charge on any atom is -0.299 e. The van der Waals surface area contributed by atoms with E-state index in [4.69, 9.17) is 0 Å². The Kier molecular flexibility index (Phi) is 1.33. The molecule has 0 aliphatic heterocycles. The molecule has 0 spiro atoms. The van der Waals surface area contributed by atoms with E-state index < -0.39 is 5.41 Å². The first-order valence-electron chi connectivity index (χ1n) is 4.30. The first-order valence-corrected chi connectivity index (χ1v) is 4.30. The van der Waals surface area contributed by atoms with Crippen LogP contribution in [0.15, 0.2) is 11.6 Å². The summed E-state index contributed by atoms with van der Waals surface area (Å²) >= 11 is 0. The minimum absolute atomic E-state index is 0.0868. The van der Waals surface area contributed by atoms with Crippen molar-refractivity contribution in [3.05, 3.63) is 11.6 Å². The SMILES string of the molecule is CC1=CC[C@@]2(C)C(=O)C[C@H]1C2=O. The van der Waals surface area contributed by atoms with Gasteiger partial charge in [-0.15, -0.1) is 0 Å². The average Bonchev–Trinajstić information content (AvgIpc) is 2.17. The first kappa shape index (κ1) is 7.71. The van der Waals surface area contributed by atoms with Crippen molar-refractivity contribution in [3.8, 4) is 0 Å². The summed E-state index contributed by atoms with van der Waals surface area (Å²) in [5.74, 6) is 0.189. The molecule has 0 aromatic rings. The standard InChI is InChI=1S/C10H12O2/c1-6-3-4-10(2)8(11)5-7(6)9(10)12/h3,7H,4-5H2,1-2H3/t7-,10+/m1/s1. The molecule has 0 saturated heterocycles. The van der Waals surface area contributed by atoms with Crippen LogP contribution in [0.2, 0.25) is 0 Å². The molecule has 0 radical (unpaired) electrons. The van der Waals surface area contributed by atoms with E-state index in [2.05, 4.69) is 0 Å². The summed E-state index contributed by atoms with van der Waals surface area (Å²) in [6.45, 7) is 3.72. The Hall–Kier alpha value is -0.920. The first-order chi connectivity index (χ1) is 5.55. The van der Waals surface area contributed by atoms with Crippen LogP contribution in [0.4, 0.5) is 0 Å². The number of rotatable bonds is 0. The smallest absolute Gasteiger partial charge is 0.153 e. The monoisotopic (exact) mass is 164 g/mol. The molecule has 2 bridgehead atoms. The normalized spacial score (nSPS) is 40.2. The van der Waals surface area contributed by atoms with Crippen molar-refractivity contribution >= 4 is 11.6 Å². The number of carbonyl (C=O) groups excluding carboxylic acids is 2. The van der Waals surface area contributed by atoms with E-state index in [1.54, 1.807) is 6.92 Å². The highest BCUT2D eigenvalue weighted by molar-refractivity contribution is 6.15. The van der Waals surface area contributed by atoms with E-state index in [1.807, 2.05) is 13.0 Å². The van der Waals surface area contributed by atoms with Gasteiger partial charge in [-0.1, -0.05) is 11.6 Å². The summed E-state index contributed by atoms with van der Waals surface area (Å²) in [5.41, 5.74) is 0.424. The quantitative estimate of drug-likeness (QED) is 0.401. The molecule has 0 aromatic heterocycles. The second-order valence-electron chi connectivity index (χ2n) is 4.03. The third kappa shape index (κ3) is 0.701. The van der Waals surface area contributed by atoms with Crippen molar-refractivity contribution in [2.75, 3.05) is 0 Å². The van der Waals surface area contributed by atoms with Gasteiger partial charge in [0, 0.05) is 12.3 Å². The van der Waals surface area contributed by atoms with Crippen LogP contribution >= 0.6 is 0 Å². The van der Waals surface area contributed by atoms with Crippen LogP contribution in [0.25, 0.3) is 0 Å². The number of ketones is 2. The molecule has 12 heavy (non-hydrogen) atoms. The highest BCUT2D eigenvalue weighted by Gasteiger charge is 2.52. The lowest BCUT2D eigenvalue weighted by Crippen LogP contribution is -2.32. The average molecular weight is 164 g/mol. The zero-order chi connectivity index (χ0) is 8.93. The lowest BCUT2D eigenvalue weighted by atomic mass is 9.77. The number of hydrogen-bond acceptors (Lipinski definition) is 2. The summed E-state index contributed by atoms with van der Waals surface area (Å²) in [6, 6.07) is 0. The summed E-state index contributed by atoms with van der Waals surface area (Å²) in [4.78, 5) is 23.1. The molecule has 64 valence electrons. The fraction of sp³-hybridized carbons (Fsp3) is 0.600. The summed E-state index contributed by atoms with van der Waals surface area (Å²) in [5, 5.41) is 0. The van der Waals surface area contributed by atoms with Crippen molar-refractivity contribution in [2.45, 2.75) is 26.7 Å². The molecule has 0 unspecified atom stereocenters. The van der Waals surface area contributed by atoms with Gasteiger partial charge in [0.25, 0.3) is 0 Å². The van der Waals surface area contributed by atoms with E-state index in [-0.39, 0.29) is 17.5 Å². The highest BCUT2D eigenvalue weighted by Crippen LogP contribution is 2.45. The molecule has 0 N–H and O–H groups in total. The molecule has 2 rings (SSSR count). The Morgan fingerprint density at radius 3 is 2.75 bits per heavy atom. The molecule has 2 heteroatoms. The Labute approximate surface area is 71.6 Å². The largest absolute Gasteiger partial charge is 0.299 e. The molecule has 1 fully saturated rings. The van der Waals surface area contributed by atoms with Crippen molar-refractivity contribution in [3.63, 3.8) is 0 Å². The molecule has 2 nitrogen and oxygen atoms in total. The van der Waals surface area contributed by atoms with E-state index in [0.717, 1.165) is 5.57 Å². The Bertz CT molecular complexity index is 301. The maximum atomic E-state index is 11.7. The van der Waals surface area contributed by atoms with E-state index in [1.165, 1.54) is 0 Å². The van der Waals surface area contributed by atoms with Gasteiger partial charge in [0.2, 0.25) is 0 Å². The van der Waals surface area contributed by atoms with Gasteiger partial charge in [-0.2, -0.15) is 0 Å². The maximum absolute atomic E-state index is 11.7. The van der Waals surface area contributed by atoms with Gasteiger partial charge >= 0.3 is 0 Å². The molecule has 0 amide bonds. The number of fused-ring (bicyclic) bond motifs is 2. The molecule has 0 aromatic carbocycles. The second-order valence-corrected chi connectivity index (χ2v) is 4.03. The van der Waals surface area contributed by atoms with Crippen LogP contribution in [0, 0.1) is 11.3 Å². The van der Waals surface area contributed by atoms with Crippen molar-refractivity contribution in [1.82, 2.24) is 0 Å². The van der Waals surface area contributed by atoms with E-state index in [0.29, 0.717) is 12.8 Å². The number of hydrogen-bond donors (Lipinski definition) is 0. The Morgan fingerprint density at radius 2 is 2.17 bits per heavy atom. The third-order valence-corrected chi connectivity index (χ3v) is 3.25. The van der Waals surface area contributed by atoms with Crippen molar-refractivity contribution in [1.29, 1.82) is 0 Å². The fourth-order valence-electron chi connectivity index (χ4n) is 2.11. The van der Waals surface area contributed by atoms with E-state index >= 15 is 0 Å². The van der Waals surface area contributed by atoms with E-state index in [9.17, 15) is 9.59 Å². The summed E-state index contributed by atoms with van der Waals surface area (Å²) < 4.78 is 0. The van der Waals surface area contributed by atoms with Gasteiger partial charge in [-0.05, 0) is 20.3 Å². The predicted molar refractivity (Wildman–Crippen MR) is 44.6 cm³/mol. The van der Waals surface area contributed by atoms with Crippen LogP contribution in [0.5, 0.6) is 0 Å². The summed E-state index contributed by atoms with van der Waals surface area (Å²) in [7, 11) is 0. The van der Waals surface area contributed by atoms with Gasteiger partial charge in [0.05, 0.1) is 5.41 Å². The minimum atomic E-state index is -0.663. The lowest BCUT2D eigenvalue weighted by Gasteiger charge is -2.23. The number of carbonyl (C=O) groups is 2. The molecule has 2 atom stereocenters. The van der Waals surface area contributed by atoms with Crippen LogP contribution in [0.1, 0.15) is 26.7 Å². The highest BCUT2D eigenvalue weighted by atomic mass is 16.2. The van der Waals surface area contributed by atoms with Crippen LogP contribution < -0.4 is 0 Å².